The number of aliphatic carboxylic acids is 2. The van der Waals surface area contributed by atoms with E-state index in [0.29, 0.717) is 64.6 Å². The molecule has 0 N–H and O–H groups in total. The van der Waals surface area contributed by atoms with Gasteiger partial charge >= 0.3 is 60.8 Å². The van der Waals surface area contributed by atoms with E-state index in [9.17, 15) is 29.4 Å². The smallest absolute Gasteiger partial charge is 0.550 e. The number of unbranched alkanes of at least 4 members (excludes halogenated alkanes) is 20. The van der Waals surface area contributed by atoms with Crippen LogP contribution in [0.1, 0.15) is 231 Å². The number of benzene rings is 2. The topological polar surface area (TPSA) is 151 Å². The normalized spacial score (nSPS) is 12.7. The Labute approximate surface area is 434 Å². The summed E-state index contributed by atoms with van der Waals surface area (Å²) >= 11 is 0. The van der Waals surface area contributed by atoms with E-state index in [1.54, 1.807) is 0 Å². The minimum Gasteiger partial charge on any atom is -0.550 e. The second-order valence-corrected chi connectivity index (χ2v) is 17.6. The summed E-state index contributed by atoms with van der Waals surface area (Å²) in [4.78, 5) is 45.3. The van der Waals surface area contributed by atoms with Crippen LogP contribution in [0.3, 0.4) is 0 Å². The van der Waals surface area contributed by atoms with E-state index in [2.05, 4.69) is 13.8 Å². The van der Waals surface area contributed by atoms with Gasteiger partial charge in [-0.3, -0.25) is 9.59 Å². The molecule has 0 saturated heterocycles. The molecule has 2 atom stereocenters. The SMILES string of the molecule is CCCCCCCCCCCCC(CCCCC(=O)[O-])(OCc1ccccc1)OC(C)=O.CCCCCCCCCCCCC(CCCCC(=O)[O-])(OCc1ccccc1)OC(C)=O.[Ba+2]. The van der Waals surface area contributed by atoms with Crippen LogP contribution in [0.25, 0.3) is 0 Å². The third-order valence-corrected chi connectivity index (χ3v) is 11.5. The van der Waals surface area contributed by atoms with E-state index in [-0.39, 0.29) is 73.7 Å². The minimum absolute atomic E-state index is 0. The number of hydrogen-bond acceptors (Lipinski definition) is 10. The number of ether oxygens (including phenoxy) is 4. The maximum atomic E-state index is 11.9. The van der Waals surface area contributed by atoms with Crippen LogP contribution in [0.5, 0.6) is 0 Å². The van der Waals surface area contributed by atoms with Gasteiger partial charge in [-0.2, -0.15) is 0 Å². The predicted octanol–water partition coefficient (Wildman–Crippen LogP) is 11.8. The third kappa shape index (κ3) is 36.5. The van der Waals surface area contributed by atoms with Gasteiger partial charge in [-0.15, -0.1) is 0 Å². The second kappa shape index (κ2) is 42.0. The van der Waals surface area contributed by atoms with Crippen molar-refractivity contribution in [3.8, 4) is 0 Å². The Bertz CT molecular complexity index is 1350. The van der Waals surface area contributed by atoms with Crippen LogP contribution in [-0.2, 0) is 51.3 Å². The summed E-state index contributed by atoms with van der Waals surface area (Å²) in [5.74, 6) is -4.86. The average molecular weight is 1030 g/mol. The quantitative estimate of drug-likeness (QED) is 0.0273. The summed E-state index contributed by atoms with van der Waals surface area (Å²) < 4.78 is 23.9. The standard InChI is InChI=1S/2C27H44O5.Ba/c2*1-3-4-5-6-7-8-9-10-11-16-21-27(32-24(2)28,22-17-15-20-26(29)30)31-23-25-18-13-12-14-19-25;/h2*12-14,18-19H,3-11,15-17,20-23H2,1-2H3,(H,29,30);/q;;+2/p-2. The van der Waals surface area contributed by atoms with Crippen molar-refractivity contribution < 1.29 is 48.3 Å². The van der Waals surface area contributed by atoms with E-state index in [4.69, 9.17) is 18.9 Å². The molecule has 0 heterocycles. The van der Waals surface area contributed by atoms with Crippen molar-refractivity contribution in [1.29, 1.82) is 0 Å². The molecular weight excluding hydrogens is 946 g/mol. The first-order valence-corrected chi connectivity index (χ1v) is 25.1. The fourth-order valence-corrected chi connectivity index (χ4v) is 7.99. The van der Waals surface area contributed by atoms with Crippen LogP contribution >= 0.6 is 0 Å². The number of carboxylic acids is 2. The van der Waals surface area contributed by atoms with Crippen LogP contribution in [0.2, 0.25) is 0 Å². The molecule has 0 aliphatic rings. The van der Waals surface area contributed by atoms with Gasteiger partial charge in [-0.25, -0.2) is 0 Å². The van der Waals surface area contributed by atoms with E-state index >= 15 is 0 Å². The van der Waals surface area contributed by atoms with Gasteiger partial charge in [-0.1, -0.05) is 190 Å². The Balaban J connectivity index is 0.00000124. The fourth-order valence-electron chi connectivity index (χ4n) is 7.99. The van der Waals surface area contributed by atoms with E-state index in [1.807, 2.05) is 60.7 Å². The largest absolute Gasteiger partial charge is 2.00 e. The van der Waals surface area contributed by atoms with Gasteiger partial charge in [0.1, 0.15) is 0 Å². The fraction of sp³-hybridized carbons (Fsp3) is 0.704. The molecule has 0 saturated carbocycles. The molecule has 2 unspecified atom stereocenters. The summed E-state index contributed by atoms with van der Waals surface area (Å²) in [6.45, 7) is 7.99. The number of rotatable bonds is 40. The molecule has 0 aliphatic heterocycles. The molecule has 11 heteroatoms. The van der Waals surface area contributed by atoms with Crippen molar-refractivity contribution in [2.75, 3.05) is 0 Å². The maximum Gasteiger partial charge on any atom is 2.00 e. The molecule has 0 radical (unpaired) electrons. The molecule has 0 spiro atoms. The summed E-state index contributed by atoms with van der Waals surface area (Å²) in [5, 5.41) is 21.5. The van der Waals surface area contributed by atoms with E-state index < -0.39 is 23.5 Å². The van der Waals surface area contributed by atoms with Crippen molar-refractivity contribution in [1.82, 2.24) is 0 Å². The molecule has 2 aromatic carbocycles. The van der Waals surface area contributed by atoms with Crippen LogP contribution < -0.4 is 10.2 Å². The van der Waals surface area contributed by atoms with Crippen LogP contribution in [0, 0.1) is 0 Å². The Morgan fingerprint density at radius 2 is 0.677 bits per heavy atom. The molecule has 0 amide bonds. The van der Waals surface area contributed by atoms with Crippen molar-refractivity contribution in [3.63, 3.8) is 0 Å². The third-order valence-electron chi connectivity index (χ3n) is 11.5. The number of hydrogen-bond donors (Lipinski definition) is 0. The molecule has 2 aromatic rings. The minimum atomic E-state index is -1.05. The Hall–Kier alpha value is -2.19. The van der Waals surface area contributed by atoms with Gasteiger partial charge in [0.05, 0.1) is 13.2 Å². The molecule has 0 aromatic heterocycles. The van der Waals surface area contributed by atoms with Crippen LogP contribution in [-0.4, -0.2) is 84.3 Å². The number of esters is 2. The molecule has 364 valence electrons. The molecule has 0 fully saturated rings. The van der Waals surface area contributed by atoms with Gasteiger partial charge in [0.2, 0.25) is 11.6 Å². The first-order chi connectivity index (χ1) is 30.9. The first kappa shape index (κ1) is 62.8. The summed E-state index contributed by atoms with van der Waals surface area (Å²) in [6.07, 6.45) is 29.0. The molecule has 65 heavy (non-hydrogen) atoms. The van der Waals surface area contributed by atoms with Gasteiger partial charge in [0.25, 0.3) is 0 Å². The van der Waals surface area contributed by atoms with Gasteiger partial charge < -0.3 is 38.7 Å². The average Bonchev–Trinajstić information content (AvgIpc) is 3.27. The van der Waals surface area contributed by atoms with Crippen molar-refractivity contribution in [2.45, 2.75) is 245 Å². The number of carboxylic acid groups (broad SMARTS) is 2. The van der Waals surface area contributed by atoms with Gasteiger partial charge in [0, 0.05) is 51.5 Å². The van der Waals surface area contributed by atoms with Crippen LogP contribution in [0.15, 0.2) is 60.7 Å². The number of carbonyl (C=O) groups is 4. The zero-order chi connectivity index (χ0) is 47.0. The monoisotopic (exact) mass is 1030 g/mol. The van der Waals surface area contributed by atoms with E-state index in [0.717, 1.165) is 36.8 Å². The van der Waals surface area contributed by atoms with Gasteiger partial charge in [0.15, 0.2) is 0 Å². The first-order valence-electron chi connectivity index (χ1n) is 25.1. The zero-order valence-corrected chi connectivity index (χ0v) is 45.6. The summed E-state index contributed by atoms with van der Waals surface area (Å²) in [5.41, 5.74) is 2.03. The Morgan fingerprint density at radius 3 is 0.938 bits per heavy atom. The van der Waals surface area contributed by atoms with Crippen molar-refractivity contribution in [3.05, 3.63) is 71.8 Å². The number of carbonyl (C=O) groups excluding carboxylic acids is 4. The molecular formula is C54H86BaO10. The Kier molecular flexibility index (Phi) is 40.5. The molecule has 0 aliphatic carbocycles. The van der Waals surface area contributed by atoms with Gasteiger partial charge in [-0.05, 0) is 62.5 Å². The maximum absolute atomic E-state index is 11.9. The summed E-state index contributed by atoms with van der Waals surface area (Å²) in [6, 6.07) is 19.6. The predicted molar refractivity (Wildman–Crippen MR) is 257 cm³/mol. The summed E-state index contributed by atoms with van der Waals surface area (Å²) in [7, 11) is 0. The molecule has 10 nitrogen and oxygen atoms in total. The van der Waals surface area contributed by atoms with Crippen LogP contribution in [0.4, 0.5) is 0 Å². The zero-order valence-electron chi connectivity index (χ0n) is 41.2. The molecule has 0 bridgehead atoms. The van der Waals surface area contributed by atoms with Crippen molar-refractivity contribution in [2.24, 2.45) is 0 Å². The Morgan fingerprint density at radius 1 is 0.415 bits per heavy atom. The molecule has 2 rings (SSSR count). The van der Waals surface area contributed by atoms with E-state index in [1.165, 1.54) is 117 Å². The van der Waals surface area contributed by atoms with Crippen molar-refractivity contribution >= 4 is 72.8 Å². The second-order valence-electron chi connectivity index (χ2n) is 17.6.